The summed E-state index contributed by atoms with van der Waals surface area (Å²) in [6.07, 6.45) is 0. The van der Waals surface area contributed by atoms with Gasteiger partial charge in [0.15, 0.2) is 10.9 Å². The number of hydrogen-bond acceptors (Lipinski definition) is 5. The lowest BCUT2D eigenvalue weighted by atomic mass is 10.1. The molecule has 0 saturated carbocycles. The third-order valence-electron chi connectivity index (χ3n) is 3.08. The number of hydrogen-bond donors (Lipinski definition) is 0. The first-order valence-electron chi connectivity index (χ1n) is 6.24. The number of ketones is 1. The fraction of sp³-hybridized carbons (Fsp3) is 0.357. The molecule has 1 aromatic heterocycles. The highest BCUT2D eigenvalue weighted by Crippen LogP contribution is 2.24. The molecule has 0 aliphatic rings. The third-order valence-corrected chi connectivity index (χ3v) is 4.21. The topological polar surface area (TPSA) is 57.0 Å². The Morgan fingerprint density at radius 1 is 1.30 bits per heavy atom. The van der Waals surface area contributed by atoms with E-state index in [1.165, 1.54) is 11.8 Å². The van der Waals surface area contributed by atoms with Crippen molar-refractivity contribution in [3.8, 4) is 5.75 Å². The fourth-order valence-electron chi connectivity index (χ4n) is 1.69. The number of benzene rings is 1. The van der Waals surface area contributed by atoms with Crippen LogP contribution in [0.15, 0.2) is 29.4 Å². The Bertz CT molecular complexity index is 607. The van der Waals surface area contributed by atoms with Gasteiger partial charge < -0.3 is 9.30 Å². The predicted molar refractivity (Wildman–Crippen MR) is 78.4 cm³/mol. The molecule has 0 saturated heterocycles. The minimum absolute atomic E-state index is 0.0679. The van der Waals surface area contributed by atoms with Crippen molar-refractivity contribution in [3.05, 3.63) is 35.7 Å². The average molecular weight is 291 g/mol. The van der Waals surface area contributed by atoms with E-state index < -0.39 is 0 Å². The molecule has 1 heterocycles. The molecule has 20 heavy (non-hydrogen) atoms. The molecular weight excluding hydrogens is 274 g/mol. The highest BCUT2D eigenvalue weighted by molar-refractivity contribution is 8.00. The summed E-state index contributed by atoms with van der Waals surface area (Å²) in [5.74, 6) is 1.64. The molecule has 0 aliphatic heterocycles. The van der Waals surface area contributed by atoms with E-state index in [-0.39, 0.29) is 11.0 Å². The molecule has 0 bridgehead atoms. The van der Waals surface area contributed by atoms with Crippen LogP contribution in [0.2, 0.25) is 0 Å². The highest BCUT2D eigenvalue weighted by Gasteiger charge is 2.19. The van der Waals surface area contributed by atoms with Crippen molar-refractivity contribution < 1.29 is 9.53 Å². The molecular formula is C14H17N3O2S. The number of carbonyl (C=O) groups is 1. The van der Waals surface area contributed by atoms with Gasteiger partial charge in [-0.3, -0.25) is 4.79 Å². The fourth-order valence-corrected chi connectivity index (χ4v) is 2.63. The van der Waals surface area contributed by atoms with E-state index in [4.69, 9.17) is 4.74 Å². The van der Waals surface area contributed by atoms with Crippen molar-refractivity contribution in [2.45, 2.75) is 24.3 Å². The number of Topliss-reactive ketones (excluding diaryl/α,β-unsaturated/α-hetero) is 1. The van der Waals surface area contributed by atoms with Gasteiger partial charge in [-0.25, -0.2) is 0 Å². The van der Waals surface area contributed by atoms with Gasteiger partial charge in [-0.15, -0.1) is 10.2 Å². The molecule has 0 unspecified atom stereocenters. The van der Waals surface area contributed by atoms with Crippen LogP contribution in [-0.2, 0) is 7.05 Å². The summed E-state index contributed by atoms with van der Waals surface area (Å²) in [7, 11) is 3.49. The lowest BCUT2D eigenvalue weighted by Crippen LogP contribution is -2.14. The van der Waals surface area contributed by atoms with Crippen molar-refractivity contribution in [2.24, 2.45) is 7.05 Å². The molecule has 2 aromatic rings. The maximum atomic E-state index is 12.3. The molecule has 0 spiro atoms. The average Bonchev–Trinajstić information content (AvgIpc) is 2.78. The number of rotatable bonds is 5. The molecule has 1 aromatic carbocycles. The van der Waals surface area contributed by atoms with Crippen LogP contribution in [0.4, 0.5) is 0 Å². The Labute approximate surface area is 122 Å². The zero-order valence-corrected chi connectivity index (χ0v) is 12.8. The molecule has 0 N–H and O–H groups in total. The number of nitrogens with zero attached hydrogens (tertiary/aromatic N) is 3. The van der Waals surface area contributed by atoms with Crippen molar-refractivity contribution >= 4 is 17.5 Å². The number of aromatic nitrogens is 3. The number of thioether (sulfide) groups is 1. The second-order valence-corrected chi connectivity index (χ2v) is 5.75. The summed E-state index contributed by atoms with van der Waals surface area (Å²) in [4.78, 5) is 12.3. The Kier molecular flexibility index (Phi) is 4.44. The first-order chi connectivity index (χ1) is 9.52. The standard InChI is InChI=1S/C14H17N3O2S/c1-9(20-14-16-15-10(2)17(14)3)13(18)11-5-7-12(19-4)8-6-11/h5-9H,1-4H3/t9-/m1/s1. The minimum Gasteiger partial charge on any atom is -0.497 e. The lowest BCUT2D eigenvalue weighted by molar-refractivity contribution is 0.0994. The van der Waals surface area contributed by atoms with Gasteiger partial charge in [0.25, 0.3) is 0 Å². The van der Waals surface area contributed by atoms with Crippen molar-refractivity contribution in [1.82, 2.24) is 14.8 Å². The van der Waals surface area contributed by atoms with E-state index >= 15 is 0 Å². The molecule has 106 valence electrons. The molecule has 0 aliphatic carbocycles. The quantitative estimate of drug-likeness (QED) is 0.626. The number of aryl methyl sites for hydroxylation is 1. The number of ether oxygens (including phenoxy) is 1. The van der Waals surface area contributed by atoms with Crippen molar-refractivity contribution in [3.63, 3.8) is 0 Å². The molecule has 1 atom stereocenters. The summed E-state index contributed by atoms with van der Waals surface area (Å²) in [5.41, 5.74) is 0.671. The normalized spacial score (nSPS) is 12.2. The van der Waals surface area contributed by atoms with Crippen LogP contribution >= 0.6 is 11.8 Å². The Morgan fingerprint density at radius 2 is 1.95 bits per heavy atom. The first-order valence-corrected chi connectivity index (χ1v) is 7.12. The Hall–Kier alpha value is -1.82. The Balaban J connectivity index is 2.09. The van der Waals surface area contributed by atoms with Crippen LogP contribution in [0.1, 0.15) is 23.1 Å². The predicted octanol–water partition coefficient (Wildman–Crippen LogP) is 2.50. The van der Waals surface area contributed by atoms with Gasteiger partial charge >= 0.3 is 0 Å². The SMILES string of the molecule is COc1ccc(C(=O)[C@@H](C)Sc2nnc(C)n2C)cc1. The maximum absolute atomic E-state index is 12.3. The van der Waals surface area contributed by atoms with Gasteiger partial charge in [0.2, 0.25) is 0 Å². The van der Waals surface area contributed by atoms with E-state index in [0.29, 0.717) is 5.56 Å². The van der Waals surface area contributed by atoms with Gasteiger partial charge in [-0.2, -0.15) is 0 Å². The van der Waals surface area contributed by atoms with E-state index in [1.807, 2.05) is 25.5 Å². The van der Waals surface area contributed by atoms with E-state index in [0.717, 1.165) is 16.7 Å². The molecule has 0 fully saturated rings. The highest BCUT2D eigenvalue weighted by atomic mass is 32.2. The van der Waals surface area contributed by atoms with Gasteiger partial charge in [-0.1, -0.05) is 11.8 Å². The second-order valence-electron chi connectivity index (χ2n) is 4.44. The summed E-state index contributed by atoms with van der Waals surface area (Å²) in [6, 6.07) is 7.13. The van der Waals surface area contributed by atoms with Crippen LogP contribution in [0.5, 0.6) is 5.75 Å². The first kappa shape index (κ1) is 14.6. The zero-order chi connectivity index (χ0) is 14.7. The van der Waals surface area contributed by atoms with Crippen molar-refractivity contribution in [2.75, 3.05) is 7.11 Å². The molecule has 0 radical (unpaired) electrons. The van der Waals surface area contributed by atoms with Crippen LogP contribution in [-0.4, -0.2) is 32.9 Å². The zero-order valence-electron chi connectivity index (χ0n) is 12.0. The van der Waals surface area contributed by atoms with Gasteiger partial charge in [-0.05, 0) is 38.1 Å². The molecule has 0 amide bonds. The minimum atomic E-state index is -0.217. The Morgan fingerprint density at radius 3 is 2.45 bits per heavy atom. The summed E-state index contributed by atoms with van der Waals surface area (Å²) < 4.78 is 6.96. The van der Waals surface area contributed by atoms with Gasteiger partial charge in [0, 0.05) is 12.6 Å². The van der Waals surface area contributed by atoms with E-state index in [9.17, 15) is 4.79 Å². The number of carbonyl (C=O) groups excluding carboxylic acids is 1. The smallest absolute Gasteiger partial charge is 0.191 e. The molecule has 5 nitrogen and oxygen atoms in total. The summed E-state index contributed by atoms with van der Waals surface area (Å²) >= 11 is 1.41. The van der Waals surface area contributed by atoms with Crippen LogP contribution in [0.3, 0.4) is 0 Å². The molecule has 2 rings (SSSR count). The van der Waals surface area contributed by atoms with E-state index in [1.54, 1.807) is 31.4 Å². The van der Waals surface area contributed by atoms with Crippen LogP contribution in [0, 0.1) is 6.92 Å². The monoisotopic (exact) mass is 291 g/mol. The second kappa shape index (κ2) is 6.09. The summed E-state index contributed by atoms with van der Waals surface area (Å²) in [6.45, 7) is 3.76. The van der Waals surface area contributed by atoms with Crippen LogP contribution < -0.4 is 4.74 Å². The van der Waals surface area contributed by atoms with Crippen molar-refractivity contribution in [1.29, 1.82) is 0 Å². The van der Waals surface area contributed by atoms with Gasteiger partial charge in [0.05, 0.1) is 12.4 Å². The number of methoxy groups -OCH3 is 1. The lowest BCUT2D eigenvalue weighted by Gasteiger charge is -2.10. The van der Waals surface area contributed by atoms with Crippen LogP contribution in [0.25, 0.3) is 0 Å². The summed E-state index contributed by atoms with van der Waals surface area (Å²) in [5, 5.41) is 8.58. The van der Waals surface area contributed by atoms with Gasteiger partial charge in [0.1, 0.15) is 11.6 Å². The molecule has 6 heteroatoms. The van der Waals surface area contributed by atoms with E-state index in [2.05, 4.69) is 10.2 Å². The largest absolute Gasteiger partial charge is 0.497 e. The maximum Gasteiger partial charge on any atom is 0.191 e. The third kappa shape index (κ3) is 3.01.